The molecule has 0 saturated carbocycles. The summed E-state index contributed by atoms with van der Waals surface area (Å²) < 4.78 is 5.05. The molecule has 2 aromatic rings. The van der Waals surface area contributed by atoms with Gasteiger partial charge in [0.05, 0.1) is 6.20 Å². The fraction of sp³-hybridized carbons (Fsp3) is 0.455. The van der Waals surface area contributed by atoms with Crippen molar-refractivity contribution in [1.82, 2.24) is 25.9 Å². The van der Waals surface area contributed by atoms with Gasteiger partial charge in [0.25, 0.3) is 5.91 Å². The molecule has 0 aliphatic rings. The van der Waals surface area contributed by atoms with Crippen molar-refractivity contribution in [2.45, 2.75) is 24.8 Å². The number of thioether (sulfide) groups is 1. The van der Waals surface area contributed by atoms with Gasteiger partial charge >= 0.3 is 0 Å². The summed E-state index contributed by atoms with van der Waals surface area (Å²) in [6.07, 6.45) is 3.40. The number of aromatic nitrogens is 4. The van der Waals surface area contributed by atoms with Crippen molar-refractivity contribution in [3.8, 4) is 0 Å². The van der Waals surface area contributed by atoms with E-state index in [9.17, 15) is 4.79 Å². The molecule has 0 unspecified atom stereocenters. The Kier molecular flexibility index (Phi) is 4.96. The molecule has 0 aromatic carbocycles. The van der Waals surface area contributed by atoms with Gasteiger partial charge in [-0.05, 0) is 6.42 Å². The summed E-state index contributed by atoms with van der Waals surface area (Å²) in [5, 5.41) is 17.5. The van der Waals surface area contributed by atoms with E-state index in [0.29, 0.717) is 12.2 Å². The third-order valence-electron chi connectivity index (χ3n) is 2.32. The van der Waals surface area contributed by atoms with Gasteiger partial charge in [0.2, 0.25) is 0 Å². The van der Waals surface area contributed by atoms with Gasteiger partial charge in [0.1, 0.15) is 10.8 Å². The van der Waals surface area contributed by atoms with Crippen molar-refractivity contribution in [1.29, 1.82) is 0 Å². The molecular formula is C11H15N5O2S. The Morgan fingerprint density at radius 3 is 3.21 bits per heavy atom. The fourth-order valence-electron chi connectivity index (χ4n) is 1.46. The Hall–Kier alpha value is -1.83. The second kappa shape index (κ2) is 6.93. The maximum Gasteiger partial charge on any atom is 0.273 e. The van der Waals surface area contributed by atoms with Crippen LogP contribution in [0.2, 0.25) is 0 Å². The number of H-pyrrole nitrogens is 1. The lowest BCUT2D eigenvalue weighted by molar-refractivity contribution is 0.0947. The lowest BCUT2D eigenvalue weighted by atomic mass is 10.2. The molecule has 0 spiro atoms. The smallest absolute Gasteiger partial charge is 0.273 e. The van der Waals surface area contributed by atoms with E-state index in [1.54, 1.807) is 12.3 Å². The topological polar surface area (TPSA) is 96.7 Å². The molecule has 0 saturated heterocycles. The van der Waals surface area contributed by atoms with Crippen LogP contribution in [0.25, 0.3) is 0 Å². The number of carbonyl (C=O) groups excluding carboxylic acids is 1. The summed E-state index contributed by atoms with van der Waals surface area (Å²) in [7, 11) is 0. The van der Waals surface area contributed by atoms with Crippen molar-refractivity contribution >= 4 is 17.7 Å². The molecule has 2 rings (SSSR count). The SMILES string of the molecule is CCCc1cc(C(=O)NCCSc2cn[nH]n2)no1. The molecule has 2 aromatic heterocycles. The highest BCUT2D eigenvalue weighted by Crippen LogP contribution is 2.11. The number of nitrogens with zero attached hydrogens (tertiary/aromatic N) is 3. The van der Waals surface area contributed by atoms with Crippen LogP contribution < -0.4 is 5.32 Å². The predicted molar refractivity (Wildman–Crippen MR) is 69.9 cm³/mol. The summed E-state index contributed by atoms with van der Waals surface area (Å²) in [6, 6.07) is 1.68. The zero-order chi connectivity index (χ0) is 13.5. The molecule has 0 atom stereocenters. The number of rotatable bonds is 7. The first-order chi connectivity index (χ1) is 9.29. The molecule has 2 heterocycles. The fourth-order valence-corrected chi connectivity index (χ4v) is 2.10. The first-order valence-electron chi connectivity index (χ1n) is 6.02. The van der Waals surface area contributed by atoms with E-state index in [-0.39, 0.29) is 5.91 Å². The maximum absolute atomic E-state index is 11.7. The zero-order valence-corrected chi connectivity index (χ0v) is 11.4. The van der Waals surface area contributed by atoms with Crippen LogP contribution in [0.5, 0.6) is 0 Å². The molecule has 0 bridgehead atoms. The molecule has 102 valence electrons. The van der Waals surface area contributed by atoms with Gasteiger partial charge in [0, 0.05) is 24.8 Å². The molecule has 19 heavy (non-hydrogen) atoms. The number of nitrogens with one attached hydrogen (secondary N) is 2. The Bertz CT molecular complexity index is 511. The third-order valence-corrected chi connectivity index (χ3v) is 3.22. The highest BCUT2D eigenvalue weighted by molar-refractivity contribution is 7.99. The largest absolute Gasteiger partial charge is 0.361 e. The van der Waals surface area contributed by atoms with Crippen molar-refractivity contribution < 1.29 is 9.32 Å². The number of amides is 1. The highest BCUT2D eigenvalue weighted by atomic mass is 32.2. The number of hydrogen-bond acceptors (Lipinski definition) is 6. The third kappa shape index (κ3) is 4.09. The van der Waals surface area contributed by atoms with E-state index in [1.165, 1.54) is 11.8 Å². The monoisotopic (exact) mass is 281 g/mol. The van der Waals surface area contributed by atoms with Crippen LogP contribution in [0, 0.1) is 0 Å². The first-order valence-corrected chi connectivity index (χ1v) is 7.00. The summed E-state index contributed by atoms with van der Waals surface area (Å²) in [5.41, 5.74) is 0.329. The maximum atomic E-state index is 11.7. The normalized spacial score (nSPS) is 10.6. The van der Waals surface area contributed by atoms with Gasteiger partial charge in [-0.15, -0.1) is 16.9 Å². The van der Waals surface area contributed by atoms with Gasteiger partial charge in [-0.25, -0.2) is 0 Å². The van der Waals surface area contributed by atoms with Crippen molar-refractivity contribution in [3.63, 3.8) is 0 Å². The van der Waals surface area contributed by atoms with Crippen molar-refractivity contribution in [2.24, 2.45) is 0 Å². The molecule has 2 N–H and O–H groups in total. The average molecular weight is 281 g/mol. The van der Waals surface area contributed by atoms with Crippen LogP contribution >= 0.6 is 11.8 Å². The van der Waals surface area contributed by atoms with Crippen LogP contribution in [0.3, 0.4) is 0 Å². The molecule has 7 nitrogen and oxygen atoms in total. The van der Waals surface area contributed by atoms with Gasteiger partial charge in [-0.3, -0.25) is 4.79 Å². The first kappa shape index (κ1) is 13.6. The molecular weight excluding hydrogens is 266 g/mol. The van der Waals surface area contributed by atoms with Gasteiger partial charge in [-0.1, -0.05) is 12.1 Å². The van der Waals surface area contributed by atoms with Crippen LogP contribution in [-0.2, 0) is 6.42 Å². The average Bonchev–Trinajstić information content (AvgIpc) is 3.06. The molecule has 0 radical (unpaired) electrons. The second-order valence-corrected chi connectivity index (χ2v) is 4.96. The number of hydrogen-bond donors (Lipinski definition) is 2. The Morgan fingerprint density at radius 2 is 2.47 bits per heavy atom. The number of aromatic amines is 1. The van der Waals surface area contributed by atoms with Crippen LogP contribution in [0.4, 0.5) is 0 Å². The minimum Gasteiger partial charge on any atom is -0.361 e. The van der Waals surface area contributed by atoms with Crippen molar-refractivity contribution in [3.05, 3.63) is 23.7 Å². The van der Waals surface area contributed by atoms with Crippen LogP contribution in [0.15, 0.2) is 21.8 Å². The van der Waals surface area contributed by atoms with E-state index in [4.69, 9.17) is 4.52 Å². The number of carbonyl (C=O) groups is 1. The van der Waals surface area contributed by atoms with Crippen molar-refractivity contribution in [2.75, 3.05) is 12.3 Å². The quantitative estimate of drug-likeness (QED) is 0.586. The van der Waals surface area contributed by atoms with E-state index < -0.39 is 0 Å². The standard InChI is InChI=1S/C11H15N5O2S/c1-2-3-8-6-9(15-18-8)11(17)12-4-5-19-10-7-13-16-14-10/h6-7H,2-5H2,1H3,(H,12,17)(H,13,14,16). The Labute approximate surface area is 114 Å². The summed E-state index contributed by atoms with van der Waals surface area (Å²) >= 11 is 1.51. The van der Waals surface area contributed by atoms with E-state index >= 15 is 0 Å². The molecule has 1 amide bonds. The van der Waals surface area contributed by atoms with E-state index in [0.717, 1.165) is 29.4 Å². The number of aryl methyl sites for hydroxylation is 1. The Balaban J connectivity index is 1.71. The molecule has 0 aliphatic carbocycles. The van der Waals surface area contributed by atoms with E-state index in [2.05, 4.69) is 25.9 Å². The summed E-state index contributed by atoms with van der Waals surface area (Å²) in [4.78, 5) is 11.7. The minimum absolute atomic E-state index is 0.216. The van der Waals surface area contributed by atoms with E-state index in [1.807, 2.05) is 6.92 Å². The summed E-state index contributed by atoms with van der Waals surface area (Å²) in [6.45, 7) is 2.58. The zero-order valence-electron chi connectivity index (χ0n) is 10.5. The molecule has 0 fully saturated rings. The highest BCUT2D eigenvalue weighted by Gasteiger charge is 2.11. The van der Waals surface area contributed by atoms with Gasteiger partial charge < -0.3 is 9.84 Å². The lowest BCUT2D eigenvalue weighted by Gasteiger charge is -2.00. The van der Waals surface area contributed by atoms with Crippen LogP contribution in [0.1, 0.15) is 29.6 Å². The Morgan fingerprint density at radius 1 is 1.58 bits per heavy atom. The lowest BCUT2D eigenvalue weighted by Crippen LogP contribution is -2.25. The molecule has 8 heteroatoms. The van der Waals surface area contributed by atoms with Gasteiger partial charge in [-0.2, -0.15) is 10.3 Å². The van der Waals surface area contributed by atoms with Gasteiger partial charge in [0.15, 0.2) is 5.69 Å². The second-order valence-electron chi connectivity index (χ2n) is 3.84. The van der Waals surface area contributed by atoms with Crippen LogP contribution in [-0.4, -0.2) is 38.8 Å². The molecule has 0 aliphatic heterocycles. The summed E-state index contributed by atoms with van der Waals surface area (Å²) in [5.74, 6) is 1.24. The predicted octanol–water partition coefficient (Wildman–Crippen LogP) is 1.27. The minimum atomic E-state index is -0.216.